The fourth-order valence-corrected chi connectivity index (χ4v) is 3.40. The molecule has 0 bridgehead atoms. The summed E-state index contributed by atoms with van der Waals surface area (Å²) in [5.74, 6) is 0.499. The maximum Gasteiger partial charge on any atom is 0.251 e. The number of ether oxygens (including phenoxy) is 1. The van der Waals surface area contributed by atoms with Crippen molar-refractivity contribution in [2.24, 2.45) is 0 Å². The lowest BCUT2D eigenvalue weighted by molar-refractivity contribution is 0.0950. The van der Waals surface area contributed by atoms with E-state index in [1.54, 1.807) is 24.3 Å². The zero-order valence-electron chi connectivity index (χ0n) is 17.4. The molecule has 1 saturated carbocycles. The fraction of sp³-hybridized carbons (Fsp3) is 0.231. The van der Waals surface area contributed by atoms with Crippen LogP contribution >= 0.6 is 0 Å². The monoisotopic (exact) mass is 415 g/mol. The maximum absolute atomic E-state index is 12.8. The molecule has 3 aromatic rings. The van der Waals surface area contributed by atoms with Crippen molar-refractivity contribution in [2.75, 3.05) is 13.2 Å². The number of ketones is 1. The summed E-state index contributed by atoms with van der Waals surface area (Å²) in [6.07, 6.45) is 2.11. The van der Waals surface area contributed by atoms with Gasteiger partial charge in [0.2, 0.25) is 0 Å². The molecular formula is C26H25NO4. The molecule has 0 unspecified atom stereocenters. The summed E-state index contributed by atoms with van der Waals surface area (Å²) in [6, 6.07) is 20.4. The van der Waals surface area contributed by atoms with Gasteiger partial charge in [-0.3, -0.25) is 9.59 Å². The van der Waals surface area contributed by atoms with Gasteiger partial charge >= 0.3 is 0 Å². The van der Waals surface area contributed by atoms with Gasteiger partial charge in [-0.25, -0.2) is 0 Å². The molecule has 2 N–H and O–H groups in total. The summed E-state index contributed by atoms with van der Waals surface area (Å²) in [4.78, 5) is 25.2. The summed E-state index contributed by atoms with van der Waals surface area (Å²) >= 11 is 0. The van der Waals surface area contributed by atoms with Gasteiger partial charge in [0.25, 0.3) is 5.91 Å². The van der Waals surface area contributed by atoms with Gasteiger partial charge in [0, 0.05) is 22.7 Å². The molecule has 1 aliphatic carbocycles. The SMILES string of the molecule is Cc1ccc(C(=O)NC2CC2)cc1-c1ccc(C(=O)c2ccc(OCCO)cc2)cc1. The van der Waals surface area contributed by atoms with Crippen LogP contribution in [0, 0.1) is 6.92 Å². The predicted molar refractivity (Wildman–Crippen MR) is 120 cm³/mol. The van der Waals surface area contributed by atoms with Gasteiger partial charge in [0.15, 0.2) is 5.78 Å². The highest BCUT2D eigenvalue weighted by Crippen LogP contribution is 2.27. The van der Waals surface area contributed by atoms with E-state index in [1.165, 1.54) is 0 Å². The van der Waals surface area contributed by atoms with Crippen LogP contribution in [0.1, 0.15) is 44.7 Å². The number of aliphatic hydroxyl groups is 1. The third-order valence-electron chi connectivity index (χ3n) is 5.35. The zero-order valence-corrected chi connectivity index (χ0v) is 17.4. The van der Waals surface area contributed by atoms with E-state index in [9.17, 15) is 9.59 Å². The minimum Gasteiger partial charge on any atom is -0.491 e. The average molecular weight is 415 g/mol. The van der Waals surface area contributed by atoms with E-state index >= 15 is 0 Å². The fourth-order valence-electron chi connectivity index (χ4n) is 3.40. The first-order valence-electron chi connectivity index (χ1n) is 10.5. The molecule has 1 fully saturated rings. The van der Waals surface area contributed by atoms with Crippen LogP contribution in [0.4, 0.5) is 0 Å². The Labute approximate surface area is 181 Å². The predicted octanol–water partition coefficient (Wildman–Crippen LogP) is 4.16. The van der Waals surface area contributed by atoms with E-state index in [1.807, 2.05) is 49.4 Å². The topological polar surface area (TPSA) is 75.6 Å². The summed E-state index contributed by atoms with van der Waals surface area (Å²) < 4.78 is 5.33. The Morgan fingerprint density at radius 1 is 0.935 bits per heavy atom. The van der Waals surface area contributed by atoms with Crippen LogP contribution in [-0.4, -0.2) is 36.1 Å². The van der Waals surface area contributed by atoms with Gasteiger partial charge in [-0.15, -0.1) is 0 Å². The Morgan fingerprint density at radius 3 is 2.16 bits per heavy atom. The Bertz CT molecular complexity index is 1080. The second kappa shape index (κ2) is 9.14. The van der Waals surface area contributed by atoms with Gasteiger partial charge in [-0.2, -0.15) is 0 Å². The summed E-state index contributed by atoms with van der Waals surface area (Å²) in [5, 5.41) is 11.8. The first-order valence-corrected chi connectivity index (χ1v) is 10.5. The molecule has 1 aliphatic rings. The molecule has 158 valence electrons. The lowest BCUT2D eigenvalue weighted by Gasteiger charge is -2.11. The smallest absolute Gasteiger partial charge is 0.251 e. The van der Waals surface area contributed by atoms with Crippen molar-refractivity contribution >= 4 is 11.7 Å². The van der Waals surface area contributed by atoms with E-state index in [2.05, 4.69) is 5.32 Å². The Hall–Kier alpha value is -3.44. The first-order chi connectivity index (χ1) is 15.0. The molecule has 0 atom stereocenters. The molecule has 3 aromatic carbocycles. The van der Waals surface area contributed by atoms with Crippen molar-refractivity contribution in [1.82, 2.24) is 5.32 Å². The number of carbonyl (C=O) groups is 2. The van der Waals surface area contributed by atoms with Crippen LogP contribution < -0.4 is 10.1 Å². The molecule has 0 saturated heterocycles. The minimum atomic E-state index is -0.0745. The van der Waals surface area contributed by atoms with Crippen molar-refractivity contribution in [3.05, 3.63) is 89.0 Å². The minimum absolute atomic E-state index is 0.0398. The number of hydrogen-bond donors (Lipinski definition) is 2. The highest BCUT2D eigenvalue weighted by molar-refractivity contribution is 6.09. The van der Waals surface area contributed by atoms with Gasteiger partial charge in [0.1, 0.15) is 12.4 Å². The van der Waals surface area contributed by atoms with Crippen molar-refractivity contribution in [3.63, 3.8) is 0 Å². The van der Waals surface area contributed by atoms with Crippen LogP contribution in [-0.2, 0) is 0 Å². The molecule has 0 radical (unpaired) electrons. The van der Waals surface area contributed by atoms with Crippen LogP contribution in [0.3, 0.4) is 0 Å². The summed E-state index contributed by atoms with van der Waals surface area (Å²) in [6.45, 7) is 2.18. The number of aliphatic hydroxyl groups excluding tert-OH is 1. The van der Waals surface area contributed by atoms with Crippen LogP contribution in [0.25, 0.3) is 11.1 Å². The van der Waals surface area contributed by atoms with Crippen LogP contribution in [0.2, 0.25) is 0 Å². The molecule has 0 heterocycles. The van der Waals surface area contributed by atoms with E-state index in [0.717, 1.165) is 29.5 Å². The molecule has 31 heavy (non-hydrogen) atoms. The van der Waals surface area contributed by atoms with Gasteiger partial charge < -0.3 is 15.2 Å². The van der Waals surface area contributed by atoms with Crippen molar-refractivity contribution in [2.45, 2.75) is 25.8 Å². The van der Waals surface area contributed by atoms with E-state index in [4.69, 9.17) is 9.84 Å². The molecule has 1 amide bonds. The quantitative estimate of drug-likeness (QED) is 0.542. The molecule has 0 aliphatic heterocycles. The second-order valence-corrected chi connectivity index (χ2v) is 7.78. The Balaban J connectivity index is 1.51. The number of amides is 1. The average Bonchev–Trinajstić information content (AvgIpc) is 3.62. The maximum atomic E-state index is 12.8. The molecule has 5 nitrogen and oxygen atoms in total. The third-order valence-corrected chi connectivity index (χ3v) is 5.35. The largest absolute Gasteiger partial charge is 0.491 e. The first kappa shape index (κ1) is 20.8. The highest BCUT2D eigenvalue weighted by Gasteiger charge is 2.24. The van der Waals surface area contributed by atoms with Crippen LogP contribution in [0.15, 0.2) is 66.7 Å². The Kier molecular flexibility index (Phi) is 6.14. The number of hydrogen-bond acceptors (Lipinski definition) is 4. The number of nitrogens with one attached hydrogen (secondary N) is 1. The summed E-state index contributed by atoms with van der Waals surface area (Å²) in [7, 11) is 0. The second-order valence-electron chi connectivity index (χ2n) is 7.78. The van der Waals surface area contributed by atoms with Gasteiger partial charge in [-0.05, 0) is 72.9 Å². The van der Waals surface area contributed by atoms with Gasteiger partial charge in [-0.1, -0.05) is 30.3 Å². The van der Waals surface area contributed by atoms with Crippen molar-refractivity contribution in [3.8, 4) is 16.9 Å². The third kappa shape index (κ3) is 5.01. The molecule has 0 aromatic heterocycles. The normalized spacial score (nSPS) is 13.0. The van der Waals surface area contributed by atoms with E-state index in [0.29, 0.717) is 28.5 Å². The molecule has 5 heteroatoms. The highest BCUT2D eigenvalue weighted by atomic mass is 16.5. The van der Waals surface area contributed by atoms with Crippen molar-refractivity contribution < 1.29 is 19.4 Å². The standard InChI is InChI=1S/C26H25NO4/c1-17-2-3-21(26(30)27-22-10-11-22)16-24(17)18-4-6-19(7-5-18)25(29)20-8-12-23(13-9-20)31-15-14-28/h2-9,12-13,16,22,28H,10-11,14-15H2,1H3,(H,27,30). The van der Waals surface area contributed by atoms with Crippen LogP contribution in [0.5, 0.6) is 5.75 Å². The number of rotatable bonds is 8. The number of benzene rings is 3. The van der Waals surface area contributed by atoms with E-state index < -0.39 is 0 Å². The molecule has 4 rings (SSSR count). The molecular weight excluding hydrogens is 390 g/mol. The lowest BCUT2D eigenvalue weighted by atomic mass is 9.95. The molecule has 0 spiro atoms. The van der Waals surface area contributed by atoms with Gasteiger partial charge in [0.05, 0.1) is 6.61 Å². The number of carbonyl (C=O) groups excluding carboxylic acids is 2. The summed E-state index contributed by atoms with van der Waals surface area (Å²) in [5.41, 5.74) is 4.82. The number of aryl methyl sites for hydroxylation is 1. The van der Waals surface area contributed by atoms with Crippen molar-refractivity contribution in [1.29, 1.82) is 0 Å². The Morgan fingerprint density at radius 2 is 1.55 bits per heavy atom. The van der Waals surface area contributed by atoms with E-state index in [-0.39, 0.29) is 24.9 Å². The lowest BCUT2D eigenvalue weighted by Crippen LogP contribution is -2.25. The zero-order chi connectivity index (χ0) is 21.8.